The van der Waals surface area contributed by atoms with Crippen LogP contribution in [0.4, 0.5) is 17.1 Å². The largest absolute Gasteiger partial charge is 0.453 e. The Hall–Kier alpha value is -8.98. The van der Waals surface area contributed by atoms with E-state index in [1.165, 1.54) is 65.7 Å². The number of hydrogen-bond acceptors (Lipinski definition) is 2. The summed E-state index contributed by atoms with van der Waals surface area (Å²) >= 11 is 0. The summed E-state index contributed by atoms with van der Waals surface area (Å²) in [6.45, 7) is 0. The lowest BCUT2D eigenvalue weighted by molar-refractivity contribution is 0.670. The molecule has 2 nitrogen and oxygen atoms in total. The lowest BCUT2D eigenvalue weighted by Crippen LogP contribution is -2.10. The van der Waals surface area contributed by atoms with Crippen molar-refractivity contribution >= 4 is 71.3 Å². The molecule has 2 heteroatoms. The van der Waals surface area contributed by atoms with Crippen molar-refractivity contribution in [1.82, 2.24) is 0 Å². The lowest BCUT2D eigenvalue weighted by Gasteiger charge is -2.26. The van der Waals surface area contributed by atoms with E-state index in [0.717, 1.165) is 61.3 Å². The molecule has 1 heterocycles. The van der Waals surface area contributed by atoms with Crippen molar-refractivity contribution in [3.8, 4) is 55.6 Å². The molecular formula is C66H43NO. The van der Waals surface area contributed by atoms with Gasteiger partial charge in [0.15, 0.2) is 5.58 Å². The summed E-state index contributed by atoms with van der Waals surface area (Å²) in [5.74, 6) is 0. The van der Waals surface area contributed by atoms with Crippen molar-refractivity contribution in [2.45, 2.75) is 0 Å². The highest BCUT2D eigenvalue weighted by molar-refractivity contribution is 6.24. The molecule has 0 fully saturated rings. The quantitative estimate of drug-likeness (QED) is 0.151. The Bertz CT molecular complexity index is 3980. The smallest absolute Gasteiger partial charge is 0.159 e. The first kappa shape index (κ1) is 39.4. The standard InChI is InChI=1S/C66H43NO/c1-3-12-44(13-4-1)46-22-24-47(25-23-46)48-32-36-58(37-33-48)67(63-21-11-20-61-64-60-19-10-9-18-57(60)43-62(66(64)68-65(61)63)50-15-5-2-6-16-50)59-38-34-49(35-39-59)52-28-29-55-42-56(31-30-54(55)41-52)53-27-26-45-14-7-8-17-51(45)40-53/h1-43H. The maximum absolute atomic E-state index is 7.19. The zero-order valence-electron chi connectivity index (χ0n) is 37.2. The number of para-hydroxylation sites is 1. The first-order chi connectivity index (χ1) is 33.7. The van der Waals surface area contributed by atoms with E-state index in [1.54, 1.807) is 0 Å². The van der Waals surface area contributed by atoms with Crippen LogP contribution in [-0.2, 0) is 0 Å². The number of rotatable bonds is 8. The average molecular weight is 866 g/mol. The van der Waals surface area contributed by atoms with Gasteiger partial charge in [0.1, 0.15) is 5.58 Å². The first-order valence-corrected chi connectivity index (χ1v) is 23.3. The molecule has 12 aromatic carbocycles. The highest BCUT2D eigenvalue weighted by Gasteiger charge is 2.23. The van der Waals surface area contributed by atoms with Crippen LogP contribution in [0.2, 0.25) is 0 Å². The van der Waals surface area contributed by atoms with Gasteiger partial charge in [0.2, 0.25) is 0 Å². The second-order valence-electron chi connectivity index (χ2n) is 17.7. The van der Waals surface area contributed by atoms with Gasteiger partial charge in [-0.05, 0) is 137 Å². The van der Waals surface area contributed by atoms with E-state index in [1.807, 2.05) is 0 Å². The minimum Gasteiger partial charge on any atom is -0.453 e. The van der Waals surface area contributed by atoms with Crippen LogP contribution in [0.3, 0.4) is 0 Å². The molecule has 68 heavy (non-hydrogen) atoms. The summed E-state index contributed by atoms with van der Waals surface area (Å²) < 4.78 is 7.19. The molecule has 1 aromatic heterocycles. The average Bonchev–Trinajstić information content (AvgIpc) is 3.82. The highest BCUT2D eigenvalue weighted by atomic mass is 16.3. The minimum atomic E-state index is 0.846. The number of hydrogen-bond donors (Lipinski definition) is 0. The van der Waals surface area contributed by atoms with Crippen molar-refractivity contribution in [3.05, 3.63) is 261 Å². The van der Waals surface area contributed by atoms with E-state index in [2.05, 4.69) is 266 Å². The van der Waals surface area contributed by atoms with Crippen molar-refractivity contribution in [2.24, 2.45) is 0 Å². The van der Waals surface area contributed by atoms with Gasteiger partial charge in [-0.1, -0.05) is 206 Å². The SMILES string of the molecule is c1ccc(-c2ccc(-c3ccc(N(c4ccc(-c5ccc6cc(-c7ccc8ccccc8c7)ccc6c5)cc4)c4cccc5c4oc4c(-c6ccccc6)cc6ccccc6c45)cc3)cc2)cc1. The van der Waals surface area contributed by atoms with Gasteiger partial charge >= 0.3 is 0 Å². The topological polar surface area (TPSA) is 16.4 Å². The molecule has 0 amide bonds. The Labute approximate surface area is 395 Å². The molecule has 0 saturated carbocycles. The summed E-state index contributed by atoms with van der Waals surface area (Å²) in [5.41, 5.74) is 16.5. The van der Waals surface area contributed by atoms with Crippen molar-refractivity contribution in [2.75, 3.05) is 4.90 Å². The van der Waals surface area contributed by atoms with Crippen LogP contribution in [-0.4, -0.2) is 0 Å². The number of nitrogens with zero attached hydrogens (tertiary/aromatic N) is 1. The van der Waals surface area contributed by atoms with E-state index in [9.17, 15) is 0 Å². The molecule has 0 bridgehead atoms. The number of fused-ring (bicyclic) bond motifs is 7. The van der Waals surface area contributed by atoms with Gasteiger partial charge in [0.05, 0.1) is 5.69 Å². The van der Waals surface area contributed by atoms with E-state index >= 15 is 0 Å². The Kier molecular flexibility index (Phi) is 9.54. The van der Waals surface area contributed by atoms with Gasteiger partial charge in [0, 0.05) is 27.7 Å². The van der Waals surface area contributed by atoms with Crippen LogP contribution in [0.15, 0.2) is 265 Å². The number of benzene rings is 12. The molecule has 0 aliphatic heterocycles. The second-order valence-corrected chi connectivity index (χ2v) is 17.7. The Morgan fingerprint density at radius 3 is 1.26 bits per heavy atom. The summed E-state index contributed by atoms with van der Waals surface area (Å²) in [6, 6.07) is 94.2. The van der Waals surface area contributed by atoms with Crippen molar-refractivity contribution in [1.29, 1.82) is 0 Å². The molecule has 318 valence electrons. The fourth-order valence-corrected chi connectivity index (χ4v) is 10.1. The third-order valence-electron chi connectivity index (χ3n) is 13.6. The first-order valence-electron chi connectivity index (χ1n) is 23.3. The normalized spacial score (nSPS) is 11.5. The highest BCUT2D eigenvalue weighted by Crippen LogP contribution is 2.47. The summed E-state index contributed by atoms with van der Waals surface area (Å²) in [4.78, 5) is 2.34. The number of furan rings is 1. The Balaban J connectivity index is 0.909. The molecule has 0 spiro atoms. The molecule has 0 aliphatic rings. The van der Waals surface area contributed by atoms with Crippen LogP contribution in [0.1, 0.15) is 0 Å². The molecular weight excluding hydrogens is 823 g/mol. The molecule has 0 unspecified atom stereocenters. The summed E-state index contributed by atoms with van der Waals surface area (Å²) in [5, 5.41) is 9.53. The fraction of sp³-hybridized carbons (Fsp3) is 0. The van der Waals surface area contributed by atoms with Gasteiger partial charge in [-0.15, -0.1) is 0 Å². The van der Waals surface area contributed by atoms with Gasteiger partial charge in [-0.3, -0.25) is 0 Å². The van der Waals surface area contributed by atoms with Gasteiger partial charge < -0.3 is 9.32 Å². The summed E-state index contributed by atoms with van der Waals surface area (Å²) in [7, 11) is 0. The van der Waals surface area contributed by atoms with Crippen LogP contribution in [0.5, 0.6) is 0 Å². The van der Waals surface area contributed by atoms with E-state index in [0.29, 0.717) is 0 Å². The predicted molar refractivity (Wildman–Crippen MR) is 288 cm³/mol. The maximum Gasteiger partial charge on any atom is 0.159 e. The third-order valence-corrected chi connectivity index (χ3v) is 13.6. The van der Waals surface area contributed by atoms with Gasteiger partial charge in [0.25, 0.3) is 0 Å². The van der Waals surface area contributed by atoms with E-state index in [-0.39, 0.29) is 0 Å². The third kappa shape index (κ3) is 6.99. The zero-order chi connectivity index (χ0) is 45.0. The summed E-state index contributed by atoms with van der Waals surface area (Å²) in [6.07, 6.45) is 0. The maximum atomic E-state index is 7.19. The molecule has 0 atom stereocenters. The van der Waals surface area contributed by atoms with E-state index < -0.39 is 0 Å². The monoisotopic (exact) mass is 865 g/mol. The molecule has 0 saturated heterocycles. The van der Waals surface area contributed by atoms with Crippen LogP contribution < -0.4 is 4.90 Å². The lowest BCUT2D eigenvalue weighted by atomic mass is 9.96. The molecule has 0 N–H and O–H groups in total. The minimum absolute atomic E-state index is 0.846. The Morgan fingerprint density at radius 1 is 0.250 bits per heavy atom. The molecule has 13 aromatic rings. The molecule has 13 rings (SSSR count). The van der Waals surface area contributed by atoms with Crippen molar-refractivity contribution < 1.29 is 4.42 Å². The second kappa shape index (κ2) is 16.5. The predicted octanol–water partition coefficient (Wildman–Crippen LogP) is 18.9. The van der Waals surface area contributed by atoms with E-state index in [4.69, 9.17) is 4.42 Å². The molecule has 0 aliphatic carbocycles. The van der Waals surface area contributed by atoms with Crippen LogP contribution >= 0.6 is 0 Å². The zero-order valence-corrected chi connectivity index (χ0v) is 37.2. The fourth-order valence-electron chi connectivity index (χ4n) is 10.1. The molecule has 0 radical (unpaired) electrons. The number of anilines is 3. The van der Waals surface area contributed by atoms with Crippen LogP contribution in [0, 0.1) is 0 Å². The van der Waals surface area contributed by atoms with Gasteiger partial charge in [-0.25, -0.2) is 0 Å². The van der Waals surface area contributed by atoms with Crippen LogP contribution in [0.25, 0.3) is 110 Å². The Morgan fingerprint density at radius 2 is 0.662 bits per heavy atom. The van der Waals surface area contributed by atoms with Gasteiger partial charge in [-0.2, -0.15) is 0 Å². The van der Waals surface area contributed by atoms with Crippen molar-refractivity contribution in [3.63, 3.8) is 0 Å².